The topological polar surface area (TPSA) is 41.6 Å². The van der Waals surface area contributed by atoms with Gasteiger partial charge in [0.15, 0.2) is 12.4 Å². The summed E-state index contributed by atoms with van der Waals surface area (Å²) in [6.07, 6.45) is 2.87. The van der Waals surface area contributed by atoms with Gasteiger partial charge in [0, 0.05) is 7.05 Å². The summed E-state index contributed by atoms with van der Waals surface area (Å²) in [5, 5.41) is 3.31. The first-order chi connectivity index (χ1) is 9.66. The lowest BCUT2D eigenvalue weighted by atomic mass is 9.90. The number of nitrogens with one attached hydrogen (secondary N) is 1. The number of amides is 1. The zero-order chi connectivity index (χ0) is 14.1. The first-order valence-electron chi connectivity index (χ1n) is 7.08. The summed E-state index contributed by atoms with van der Waals surface area (Å²) in [6.45, 7) is 1.98. The minimum absolute atomic E-state index is 0.0173. The van der Waals surface area contributed by atoms with Crippen molar-refractivity contribution in [1.82, 2.24) is 5.32 Å². The summed E-state index contributed by atoms with van der Waals surface area (Å²) in [5.74, 6) is 0.444. The third-order valence-electron chi connectivity index (χ3n) is 4.19. The van der Waals surface area contributed by atoms with E-state index in [1.165, 1.54) is 4.90 Å². The molecule has 0 atom stereocenters. The summed E-state index contributed by atoms with van der Waals surface area (Å²) < 4.78 is 19.9. The maximum atomic E-state index is 14.6. The molecule has 5 heteroatoms. The third-order valence-corrected chi connectivity index (χ3v) is 4.19. The van der Waals surface area contributed by atoms with E-state index >= 15 is 0 Å². The third kappa shape index (κ3) is 2.38. The van der Waals surface area contributed by atoms with E-state index in [0.29, 0.717) is 17.2 Å². The highest BCUT2D eigenvalue weighted by Gasteiger charge is 2.28. The van der Waals surface area contributed by atoms with Gasteiger partial charge in [-0.25, -0.2) is 4.39 Å². The maximum Gasteiger partial charge on any atom is 0.264 e. The number of anilines is 1. The average Bonchev–Trinajstić information content (AvgIpc) is 2.47. The molecule has 0 bridgehead atoms. The van der Waals surface area contributed by atoms with Crippen molar-refractivity contribution in [1.29, 1.82) is 0 Å². The molecule has 0 saturated carbocycles. The number of rotatable bonds is 2. The standard InChI is InChI=1S/C15H19FN2O2/c1-18-13(19)9-20-12-3-2-11(14(16)15(12)18)8-10-4-6-17-7-5-10/h2-3,10,17H,4-9H2,1H3. The van der Waals surface area contributed by atoms with Crippen molar-refractivity contribution in [2.75, 3.05) is 31.6 Å². The van der Waals surface area contributed by atoms with E-state index in [4.69, 9.17) is 4.74 Å². The fourth-order valence-corrected chi connectivity index (χ4v) is 2.93. The molecule has 0 unspecified atom stereocenters. The van der Waals surface area contributed by atoms with Gasteiger partial charge < -0.3 is 15.0 Å². The molecular formula is C15H19FN2O2. The predicted octanol–water partition coefficient (Wildman–Crippen LogP) is 1.72. The zero-order valence-corrected chi connectivity index (χ0v) is 11.6. The number of carbonyl (C=O) groups is 1. The molecule has 1 aromatic carbocycles. The predicted molar refractivity (Wildman–Crippen MR) is 74.6 cm³/mol. The molecule has 2 heterocycles. The summed E-state index contributed by atoms with van der Waals surface area (Å²) in [4.78, 5) is 13.0. The molecule has 0 aromatic heterocycles. The van der Waals surface area contributed by atoms with Crippen LogP contribution in [0.5, 0.6) is 5.75 Å². The van der Waals surface area contributed by atoms with Gasteiger partial charge in [0.2, 0.25) is 0 Å². The van der Waals surface area contributed by atoms with Gasteiger partial charge in [-0.3, -0.25) is 4.79 Å². The van der Waals surface area contributed by atoms with E-state index in [2.05, 4.69) is 5.32 Å². The Morgan fingerprint density at radius 1 is 1.40 bits per heavy atom. The van der Waals surface area contributed by atoms with E-state index in [1.807, 2.05) is 0 Å². The number of carbonyl (C=O) groups excluding carboxylic acids is 1. The Hall–Kier alpha value is -1.62. The van der Waals surface area contributed by atoms with Crippen LogP contribution in [0.4, 0.5) is 10.1 Å². The fraction of sp³-hybridized carbons (Fsp3) is 0.533. The van der Waals surface area contributed by atoms with Crippen molar-refractivity contribution in [2.45, 2.75) is 19.3 Å². The Bertz CT molecular complexity index is 527. The lowest BCUT2D eigenvalue weighted by molar-refractivity contribution is -0.121. The Balaban J connectivity index is 1.87. The van der Waals surface area contributed by atoms with Crippen LogP contribution in [0.2, 0.25) is 0 Å². The zero-order valence-electron chi connectivity index (χ0n) is 11.6. The summed E-state index contributed by atoms with van der Waals surface area (Å²) in [7, 11) is 1.60. The van der Waals surface area contributed by atoms with Crippen LogP contribution in [0.15, 0.2) is 12.1 Å². The van der Waals surface area contributed by atoms with Gasteiger partial charge >= 0.3 is 0 Å². The summed E-state index contributed by atoms with van der Waals surface area (Å²) in [6, 6.07) is 3.57. The molecule has 0 aliphatic carbocycles. The molecule has 108 valence electrons. The van der Waals surface area contributed by atoms with Crippen LogP contribution in [0.25, 0.3) is 0 Å². The minimum Gasteiger partial charge on any atom is -0.481 e. The Morgan fingerprint density at radius 2 is 2.15 bits per heavy atom. The van der Waals surface area contributed by atoms with Crippen LogP contribution in [-0.2, 0) is 11.2 Å². The van der Waals surface area contributed by atoms with Gasteiger partial charge in [0.25, 0.3) is 5.91 Å². The average molecular weight is 278 g/mol. The first kappa shape index (κ1) is 13.4. The van der Waals surface area contributed by atoms with E-state index in [9.17, 15) is 9.18 Å². The number of likely N-dealkylation sites (N-methyl/N-ethyl adjacent to an activating group) is 1. The van der Waals surface area contributed by atoms with E-state index in [1.54, 1.807) is 19.2 Å². The van der Waals surface area contributed by atoms with E-state index < -0.39 is 0 Å². The Morgan fingerprint density at radius 3 is 2.90 bits per heavy atom. The number of ether oxygens (including phenoxy) is 1. The normalized spacial score (nSPS) is 19.7. The molecule has 1 saturated heterocycles. The van der Waals surface area contributed by atoms with Gasteiger partial charge in [-0.15, -0.1) is 0 Å². The number of fused-ring (bicyclic) bond motifs is 1. The molecule has 0 radical (unpaired) electrons. The molecule has 1 aromatic rings. The highest BCUT2D eigenvalue weighted by atomic mass is 19.1. The number of hydrogen-bond donors (Lipinski definition) is 1. The van der Waals surface area contributed by atoms with E-state index in [-0.39, 0.29) is 24.0 Å². The lowest BCUT2D eigenvalue weighted by Crippen LogP contribution is -2.36. The largest absolute Gasteiger partial charge is 0.481 e. The first-order valence-corrected chi connectivity index (χ1v) is 7.08. The van der Waals surface area contributed by atoms with Crippen LogP contribution in [-0.4, -0.2) is 32.7 Å². The highest BCUT2D eigenvalue weighted by molar-refractivity contribution is 5.97. The molecule has 3 rings (SSSR count). The van der Waals surface area contributed by atoms with Crippen molar-refractivity contribution in [3.05, 3.63) is 23.5 Å². The number of hydrogen-bond acceptors (Lipinski definition) is 3. The number of nitrogens with zero attached hydrogens (tertiary/aromatic N) is 1. The quantitative estimate of drug-likeness (QED) is 0.895. The lowest BCUT2D eigenvalue weighted by Gasteiger charge is -2.28. The molecule has 0 spiro atoms. The summed E-state index contributed by atoms with van der Waals surface area (Å²) in [5.41, 5.74) is 0.966. The van der Waals surface area contributed by atoms with Crippen molar-refractivity contribution >= 4 is 11.6 Å². The smallest absolute Gasteiger partial charge is 0.264 e. The van der Waals surface area contributed by atoms with Crippen LogP contribution < -0.4 is 15.0 Å². The fourth-order valence-electron chi connectivity index (χ4n) is 2.93. The molecule has 2 aliphatic rings. The molecular weight excluding hydrogens is 259 g/mol. The molecule has 1 N–H and O–H groups in total. The van der Waals surface area contributed by atoms with E-state index in [0.717, 1.165) is 32.4 Å². The van der Waals surface area contributed by atoms with Crippen LogP contribution in [0.3, 0.4) is 0 Å². The SMILES string of the molecule is CN1C(=O)COc2ccc(CC3CCNCC3)c(F)c21. The Labute approximate surface area is 117 Å². The van der Waals surface area contributed by atoms with Crippen LogP contribution >= 0.6 is 0 Å². The van der Waals surface area contributed by atoms with Crippen molar-refractivity contribution < 1.29 is 13.9 Å². The molecule has 1 fully saturated rings. The molecule has 4 nitrogen and oxygen atoms in total. The number of halogens is 1. The second-order valence-corrected chi connectivity index (χ2v) is 5.52. The molecule has 1 amide bonds. The van der Waals surface area contributed by atoms with Crippen LogP contribution in [0, 0.1) is 11.7 Å². The second-order valence-electron chi connectivity index (χ2n) is 5.52. The summed E-state index contributed by atoms with van der Waals surface area (Å²) >= 11 is 0. The van der Waals surface area contributed by atoms with Crippen molar-refractivity contribution in [3.63, 3.8) is 0 Å². The monoisotopic (exact) mass is 278 g/mol. The van der Waals surface area contributed by atoms with Gasteiger partial charge in [-0.2, -0.15) is 0 Å². The Kier molecular flexibility index (Phi) is 3.61. The molecule has 2 aliphatic heterocycles. The van der Waals surface area contributed by atoms with Crippen molar-refractivity contribution in [3.8, 4) is 5.75 Å². The van der Waals surface area contributed by atoms with Gasteiger partial charge in [-0.1, -0.05) is 6.07 Å². The van der Waals surface area contributed by atoms with Crippen molar-refractivity contribution in [2.24, 2.45) is 5.92 Å². The molecule has 20 heavy (non-hydrogen) atoms. The maximum absolute atomic E-state index is 14.6. The second kappa shape index (κ2) is 5.40. The highest BCUT2D eigenvalue weighted by Crippen LogP contribution is 2.36. The van der Waals surface area contributed by atoms with Crippen LogP contribution in [0.1, 0.15) is 18.4 Å². The van der Waals surface area contributed by atoms with Gasteiger partial charge in [-0.05, 0) is 49.9 Å². The van der Waals surface area contributed by atoms with Gasteiger partial charge in [0.05, 0.1) is 0 Å². The van der Waals surface area contributed by atoms with Gasteiger partial charge in [0.1, 0.15) is 11.4 Å². The number of piperidine rings is 1. The minimum atomic E-state index is -0.309. The number of benzene rings is 1.